The summed E-state index contributed by atoms with van der Waals surface area (Å²) < 4.78 is 0. The van der Waals surface area contributed by atoms with E-state index in [1.54, 1.807) is 0 Å². The molecular weight excluding hydrogens is 114 g/mol. The molecule has 0 aromatic rings. The summed E-state index contributed by atoms with van der Waals surface area (Å²) in [5, 5.41) is 8.87. The molecule has 0 bridgehead atoms. The fourth-order valence-corrected chi connectivity index (χ4v) is 1.22. The van der Waals surface area contributed by atoms with Crippen LogP contribution in [0.2, 0.25) is 0 Å². The van der Waals surface area contributed by atoms with Crippen molar-refractivity contribution in [1.82, 2.24) is 4.90 Å². The van der Waals surface area contributed by atoms with Crippen molar-refractivity contribution in [3.05, 3.63) is 0 Å². The lowest BCUT2D eigenvalue weighted by Crippen LogP contribution is -2.33. The van der Waals surface area contributed by atoms with Gasteiger partial charge in [-0.3, -0.25) is 0 Å². The number of hydrogen-bond donors (Lipinski definition) is 1. The Kier molecular flexibility index (Phi) is 2.09. The monoisotopic (exact) mass is 129 g/mol. The molecule has 0 radical (unpaired) electrons. The van der Waals surface area contributed by atoms with Crippen LogP contribution in [0.3, 0.4) is 0 Å². The summed E-state index contributed by atoms with van der Waals surface area (Å²) in [6.07, 6.45) is 2.62. The summed E-state index contributed by atoms with van der Waals surface area (Å²) in [7, 11) is 4.05. The average Bonchev–Trinajstić information content (AvgIpc) is 2.50. The number of aliphatic hydroxyl groups is 1. The van der Waals surface area contributed by atoms with E-state index in [9.17, 15) is 0 Å². The second kappa shape index (κ2) is 2.67. The summed E-state index contributed by atoms with van der Waals surface area (Å²) >= 11 is 0. The number of hydrogen-bond acceptors (Lipinski definition) is 2. The topological polar surface area (TPSA) is 23.5 Å². The van der Waals surface area contributed by atoms with Gasteiger partial charge in [-0.2, -0.15) is 0 Å². The predicted octanol–water partition coefficient (Wildman–Crippen LogP) is 0.319. The Morgan fingerprint density at radius 1 is 1.56 bits per heavy atom. The molecule has 1 saturated carbocycles. The van der Waals surface area contributed by atoms with Crippen LogP contribution in [0.5, 0.6) is 0 Å². The Hall–Kier alpha value is -0.0800. The van der Waals surface area contributed by atoms with Gasteiger partial charge in [0.15, 0.2) is 0 Å². The van der Waals surface area contributed by atoms with E-state index in [1.165, 1.54) is 12.8 Å². The third kappa shape index (κ3) is 1.66. The molecule has 0 spiro atoms. The van der Waals surface area contributed by atoms with E-state index in [2.05, 4.69) is 4.90 Å². The molecule has 1 aliphatic rings. The lowest BCUT2D eigenvalue weighted by molar-refractivity contribution is 0.152. The second-order valence-corrected chi connectivity index (χ2v) is 3.05. The zero-order chi connectivity index (χ0) is 6.85. The Balaban J connectivity index is 2.28. The van der Waals surface area contributed by atoms with Gasteiger partial charge in [-0.25, -0.2) is 0 Å². The van der Waals surface area contributed by atoms with Crippen molar-refractivity contribution < 1.29 is 5.11 Å². The number of aliphatic hydroxyl groups excluding tert-OH is 1. The number of nitrogens with zero attached hydrogens (tertiary/aromatic N) is 1. The van der Waals surface area contributed by atoms with Crippen LogP contribution in [-0.4, -0.2) is 36.8 Å². The molecule has 0 aliphatic heterocycles. The highest BCUT2D eigenvalue weighted by Gasteiger charge is 2.31. The molecule has 1 unspecified atom stereocenters. The van der Waals surface area contributed by atoms with Crippen molar-refractivity contribution in [2.75, 3.05) is 20.7 Å². The fourth-order valence-electron chi connectivity index (χ4n) is 1.22. The molecule has 0 aromatic carbocycles. The zero-order valence-electron chi connectivity index (χ0n) is 6.17. The van der Waals surface area contributed by atoms with E-state index in [-0.39, 0.29) is 0 Å². The van der Waals surface area contributed by atoms with E-state index >= 15 is 0 Å². The highest BCUT2D eigenvalue weighted by molar-refractivity contribution is 4.85. The van der Waals surface area contributed by atoms with Gasteiger partial charge in [-0.15, -0.1) is 0 Å². The molecule has 1 atom stereocenters. The fraction of sp³-hybridized carbons (Fsp3) is 1.00. The average molecular weight is 129 g/mol. The molecule has 2 heteroatoms. The molecule has 1 rings (SSSR count). The van der Waals surface area contributed by atoms with Crippen molar-refractivity contribution in [3.63, 3.8) is 0 Å². The van der Waals surface area contributed by atoms with Crippen molar-refractivity contribution in [2.45, 2.75) is 18.9 Å². The molecule has 0 heterocycles. The lowest BCUT2D eigenvalue weighted by Gasteiger charge is -2.20. The summed E-state index contributed by atoms with van der Waals surface area (Å²) in [6, 6.07) is 0.421. The summed E-state index contributed by atoms with van der Waals surface area (Å²) in [5.74, 6) is 0.782. The van der Waals surface area contributed by atoms with Crippen LogP contribution in [0.25, 0.3) is 0 Å². The Morgan fingerprint density at radius 2 is 2.11 bits per heavy atom. The Morgan fingerprint density at radius 3 is 2.22 bits per heavy atom. The minimum Gasteiger partial charge on any atom is -0.395 e. The van der Waals surface area contributed by atoms with E-state index in [0.717, 1.165) is 5.92 Å². The standard InChI is InChI=1S/C7H15NO/c1-8(2)7(5-9)6-3-4-6/h6-7,9H,3-5H2,1-2H3. The Labute approximate surface area is 56.5 Å². The highest BCUT2D eigenvalue weighted by Crippen LogP contribution is 2.34. The second-order valence-electron chi connectivity index (χ2n) is 3.05. The predicted molar refractivity (Wildman–Crippen MR) is 37.3 cm³/mol. The molecule has 1 N–H and O–H groups in total. The third-order valence-electron chi connectivity index (χ3n) is 2.02. The minimum atomic E-state index is 0.317. The molecule has 1 aliphatic carbocycles. The highest BCUT2D eigenvalue weighted by atomic mass is 16.3. The van der Waals surface area contributed by atoms with Gasteiger partial charge in [0.1, 0.15) is 0 Å². The molecule has 2 nitrogen and oxygen atoms in total. The summed E-state index contributed by atoms with van der Waals surface area (Å²) in [6.45, 7) is 0.317. The molecule has 1 fully saturated rings. The third-order valence-corrected chi connectivity index (χ3v) is 2.02. The van der Waals surface area contributed by atoms with Gasteiger partial charge in [0.2, 0.25) is 0 Å². The van der Waals surface area contributed by atoms with Gasteiger partial charge in [-0.1, -0.05) is 0 Å². The van der Waals surface area contributed by atoms with Gasteiger partial charge in [0.25, 0.3) is 0 Å². The van der Waals surface area contributed by atoms with Crippen LogP contribution in [0.1, 0.15) is 12.8 Å². The van der Waals surface area contributed by atoms with Gasteiger partial charge in [0, 0.05) is 6.04 Å². The van der Waals surface area contributed by atoms with Crippen LogP contribution < -0.4 is 0 Å². The first kappa shape index (κ1) is 7.03. The lowest BCUT2D eigenvalue weighted by atomic mass is 10.2. The maximum atomic E-state index is 8.87. The first-order chi connectivity index (χ1) is 4.25. The van der Waals surface area contributed by atoms with Crippen molar-refractivity contribution in [3.8, 4) is 0 Å². The smallest absolute Gasteiger partial charge is 0.0589 e. The van der Waals surface area contributed by atoms with Crippen LogP contribution >= 0.6 is 0 Å². The van der Waals surface area contributed by atoms with Crippen LogP contribution in [0.4, 0.5) is 0 Å². The van der Waals surface area contributed by atoms with Gasteiger partial charge in [-0.05, 0) is 32.9 Å². The first-order valence-electron chi connectivity index (χ1n) is 3.53. The van der Waals surface area contributed by atoms with Crippen LogP contribution in [0, 0.1) is 5.92 Å². The minimum absolute atomic E-state index is 0.317. The van der Waals surface area contributed by atoms with Gasteiger partial charge < -0.3 is 10.0 Å². The van der Waals surface area contributed by atoms with E-state index < -0.39 is 0 Å². The molecule has 0 saturated heterocycles. The molecule has 0 aromatic heterocycles. The summed E-state index contributed by atoms with van der Waals surface area (Å²) in [5.41, 5.74) is 0. The van der Waals surface area contributed by atoms with Crippen LogP contribution in [-0.2, 0) is 0 Å². The van der Waals surface area contributed by atoms with Gasteiger partial charge in [0.05, 0.1) is 6.61 Å². The van der Waals surface area contributed by atoms with E-state index in [4.69, 9.17) is 5.11 Å². The normalized spacial score (nSPS) is 22.7. The zero-order valence-corrected chi connectivity index (χ0v) is 6.17. The molecule has 54 valence electrons. The van der Waals surface area contributed by atoms with Crippen molar-refractivity contribution in [2.24, 2.45) is 5.92 Å². The number of likely N-dealkylation sites (N-methyl/N-ethyl adjacent to an activating group) is 1. The molecule has 0 amide bonds. The quantitative estimate of drug-likeness (QED) is 0.593. The van der Waals surface area contributed by atoms with E-state index in [1.807, 2.05) is 14.1 Å². The van der Waals surface area contributed by atoms with Crippen molar-refractivity contribution >= 4 is 0 Å². The molecular formula is C7H15NO. The maximum Gasteiger partial charge on any atom is 0.0589 e. The molecule has 9 heavy (non-hydrogen) atoms. The van der Waals surface area contributed by atoms with Gasteiger partial charge >= 0.3 is 0 Å². The Bertz CT molecular complexity index is 86.9. The number of rotatable bonds is 3. The van der Waals surface area contributed by atoms with E-state index in [0.29, 0.717) is 12.6 Å². The largest absolute Gasteiger partial charge is 0.395 e. The van der Waals surface area contributed by atoms with Crippen molar-refractivity contribution in [1.29, 1.82) is 0 Å². The SMILES string of the molecule is CN(C)C(CO)C1CC1. The van der Waals surface area contributed by atoms with Crippen LogP contribution in [0.15, 0.2) is 0 Å². The first-order valence-corrected chi connectivity index (χ1v) is 3.53. The maximum absolute atomic E-state index is 8.87. The summed E-state index contributed by atoms with van der Waals surface area (Å²) in [4.78, 5) is 2.11.